The van der Waals surface area contributed by atoms with Gasteiger partial charge >= 0.3 is 0 Å². The first-order valence-corrected chi connectivity index (χ1v) is 16.7. The minimum Gasteiger partial charge on any atom is -0.490 e. The Kier molecular flexibility index (Phi) is 8.48. The van der Waals surface area contributed by atoms with E-state index in [1.165, 1.54) is 5.56 Å². The molecule has 5 aliphatic rings. The number of carbonyl (C=O) groups is 3. The van der Waals surface area contributed by atoms with Crippen molar-refractivity contribution in [3.63, 3.8) is 0 Å². The van der Waals surface area contributed by atoms with E-state index in [0.717, 1.165) is 62.5 Å². The normalized spacial score (nSPS) is 28.8. The number of hydrogen-bond donors (Lipinski definition) is 1. The zero-order chi connectivity index (χ0) is 32.0. The highest BCUT2D eigenvalue weighted by atomic mass is 16.5. The molecular weight excluding hydrogens is 566 g/mol. The van der Waals surface area contributed by atoms with Crippen LogP contribution in [-0.4, -0.2) is 99.3 Å². The number of nitrogens with one attached hydrogen (secondary N) is 1. The van der Waals surface area contributed by atoms with E-state index in [2.05, 4.69) is 46.0 Å². The SMILES string of the molecule is CC(C)CC1C(N2CCC(N3C(=O)C=C(OC(C)(C)C)C3C)C2)=CC(=O)N1C1CCN(C2=CC(=O)NC2Cc2ccccc2)C1. The minimum absolute atomic E-state index is 0.00300. The van der Waals surface area contributed by atoms with E-state index in [4.69, 9.17) is 4.74 Å². The fourth-order valence-corrected chi connectivity index (χ4v) is 7.87. The highest BCUT2D eigenvalue weighted by Gasteiger charge is 2.46. The molecule has 0 saturated carbocycles. The van der Waals surface area contributed by atoms with Crippen LogP contribution >= 0.6 is 0 Å². The van der Waals surface area contributed by atoms with E-state index >= 15 is 0 Å². The summed E-state index contributed by atoms with van der Waals surface area (Å²) in [4.78, 5) is 48.1. The van der Waals surface area contributed by atoms with Gasteiger partial charge in [0.25, 0.3) is 5.91 Å². The standard InChI is InChI=1S/C36H49N5O4/c1-23(2)16-31-30(39-15-12-26(21-39)40-24(3)32(20-35(40)44)45-36(4,5)6)19-34(43)41(31)27-13-14-38(22-27)29-18-33(42)37-28(29)17-25-10-8-7-9-11-25/h7-11,18-20,23-24,26-28,31H,12-17,21-22H2,1-6H3,(H,37,42). The van der Waals surface area contributed by atoms with Gasteiger partial charge in [-0.25, -0.2) is 0 Å². The van der Waals surface area contributed by atoms with Gasteiger partial charge in [0.1, 0.15) is 11.4 Å². The minimum atomic E-state index is -0.361. The summed E-state index contributed by atoms with van der Waals surface area (Å²) >= 11 is 0. The summed E-state index contributed by atoms with van der Waals surface area (Å²) in [5.41, 5.74) is 2.95. The van der Waals surface area contributed by atoms with E-state index in [0.29, 0.717) is 12.5 Å². The number of rotatable bonds is 9. The van der Waals surface area contributed by atoms with Crippen LogP contribution in [0.1, 0.15) is 66.4 Å². The zero-order valence-electron chi connectivity index (χ0n) is 27.7. The summed E-state index contributed by atoms with van der Waals surface area (Å²) in [6.45, 7) is 15.6. The highest BCUT2D eigenvalue weighted by molar-refractivity contribution is 5.93. The zero-order valence-corrected chi connectivity index (χ0v) is 27.7. The average molecular weight is 616 g/mol. The maximum atomic E-state index is 13.8. The summed E-state index contributed by atoms with van der Waals surface area (Å²) in [5.74, 6) is 1.19. The lowest BCUT2D eigenvalue weighted by Gasteiger charge is -2.37. The van der Waals surface area contributed by atoms with E-state index < -0.39 is 0 Å². The molecule has 2 fully saturated rings. The third-order valence-corrected chi connectivity index (χ3v) is 9.75. The number of likely N-dealkylation sites (tertiary alicyclic amines) is 2. The molecule has 242 valence electrons. The molecule has 5 aliphatic heterocycles. The van der Waals surface area contributed by atoms with Gasteiger partial charge in [-0.2, -0.15) is 0 Å². The summed E-state index contributed by atoms with van der Waals surface area (Å²) < 4.78 is 6.12. The number of nitrogens with zero attached hydrogens (tertiary/aromatic N) is 4. The number of ether oxygens (including phenoxy) is 1. The van der Waals surface area contributed by atoms with Crippen molar-refractivity contribution in [3.05, 3.63) is 71.3 Å². The van der Waals surface area contributed by atoms with Gasteiger partial charge in [0.15, 0.2) is 0 Å². The van der Waals surface area contributed by atoms with Crippen molar-refractivity contribution in [2.24, 2.45) is 5.92 Å². The second-order valence-corrected chi connectivity index (χ2v) is 14.7. The molecule has 1 aromatic rings. The maximum absolute atomic E-state index is 13.8. The van der Waals surface area contributed by atoms with Crippen LogP contribution in [0.4, 0.5) is 0 Å². The molecule has 2 saturated heterocycles. The van der Waals surface area contributed by atoms with E-state index in [1.807, 2.05) is 56.9 Å². The van der Waals surface area contributed by atoms with Crippen molar-refractivity contribution in [1.29, 1.82) is 0 Å². The molecule has 6 rings (SSSR count). The summed E-state index contributed by atoms with van der Waals surface area (Å²) in [6.07, 6.45) is 8.62. The molecule has 1 N–H and O–H groups in total. The third kappa shape index (κ3) is 6.49. The Hall–Kier alpha value is -3.75. The van der Waals surface area contributed by atoms with Crippen LogP contribution in [0, 0.1) is 5.92 Å². The summed E-state index contributed by atoms with van der Waals surface area (Å²) in [7, 11) is 0. The van der Waals surface area contributed by atoms with Gasteiger partial charge in [-0.3, -0.25) is 14.4 Å². The number of hydrogen-bond acceptors (Lipinski definition) is 6. The van der Waals surface area contributed by atoms with Crippen molar-refractivity contribution in [1.82, 2.24) is 24.9 Å². The van der Waals surface area contributed by atoms with Gasteiger partial charge in [-0.15, -0.1) is 0 Å². The van der Waals surface area contributed by atoms with E-state index in [-0.39, 0.29) is 53.5 Å². The number of carbonyl (C=O) groups excluding carboxylic acids is 3. The third-order valence-electron chi connectivity index (χ3n) is 9.75. The van der Waals surface area contributed by atoms with Crippen LogP contribution in [0.5, 0.6) is 0 Å². The Morgan fingerprint density at radius 2 is 1.49 bits per heavy atom. The molecule has 0 radical (unpaired) electrons. The van der Waals surface area contributed by atoms with Crippen LogP contribution in [-0.2, 0) is 25.5 Å². The topological polar surface area (TPSA) is 85.4 Å². The Balaban J connectivity index is 1.13. The molecular formula is C36H49N5O4. The van der Waals surface area contributed by atoms with Gasteiger partial charge < -0.3 is 29.7 Å². The van der Waals surface area contributed by atoms with Crippen molar-refractivity contribution in [3.8, 4) is 0 Å². The van der Waals surface area contributed by atoms with E-state index in [9.17, 15) is 14.4 Å². The average Bonchev–Trinajstić information content (AvgIpc) is 3.77. The Morgan fingerprint density at radius 3 is 2.13 bits per heavy atom. The molecule has 9 heteroatoms. The van der Waals surface area contributed by atoms with Crippen LogP contribution in [0.15, 0.2) is 65.7 Å². The predicted molar refractivity (Wildman–Crippen MR) is 174 cm³/mol. The first-order valence-electron chi connectivity index (χ1n) is 16.7. The second-order valence-electron chi connectivity index (χ2n) is 14.7. The molecule has 3 amide bonds. The van der Waals surface area contributed by atoms with Crippen molar-refractivity contribution < 1.29 is 19.1 Å². The van der Waals surface area contributed by atoms with Gasteiger partial charge in [0.2, 0.25) is 11.8 Å². The number of benzene rings is 1. The van der Waals surface area contributed by atoms with Gasteiger partial charge in [-0.1, -0.05) is 44.2 Å². The smallest absolute Gasteiger partial charge is 0.250 e. The van der Waals surface area contributed by atoms with Gasteiger partial charge in [-0.05, 0) is 64.9 Å². The highest BCUT2D eigenvalue weighted by Crippen LogP contribution is 2.37. The monoisotopic (exact) mass is 615 g/mol. The van der Waals surface area contributed by atoms with Crippen LogP contribution in [0.3, 0.4) is 0 Å². The molecule has 0 spiro atoms. The van der Waals surface area contributed by atoms with E-state index in [1.54, 1.807) is 12.2 Å². The van der Waals surface area contributed by atoms with Crippen LogP contribution in [0.25, 0.3) is 0 Å². The fourth-order valence-electron chi connectivity index (χ4n) is 7.87. The lowest BCUT2D eigenvalue weighted by Crippen LogP contribution is -2.48. The first-order chi connectivity index (χ1) is 21.4. The fraction of sp³-hybridized carbons (Fsp3) is 0.583. The summed E-state index contributed by atoms with van der Waals surface area (Å²) in [6, 6.07) is 10.2. The second kappa shape index (κ2) is 12.2. The number of amides is 3. The maximum Gasteiger partial charge on any atom is 0.250 e. The van der Waals surface area contributed by atoms with Gasteiger partial charge in [0, 0.05) is 55.8 Å². The van der Waals surface area contributed by atoms with Crippen molar-refractivity contribution in [2.45, 2.75) is 103 Å². The predicted octanol–water partition coefficient (Wildman–Crippen LogP) is 3.83. The molecule has 0 bridgehead atoms. The first kappa shape index (κ1) is 31.2. The lowest BCUT2D eigenvalue weighted by atomic mass is 9.99. The van der Waals surface area contributed by atoms with Crippen molar-refractivity contribution in [2.75, 3.05) is 26.2 Å². The molecule has 0 aliphatic carbocycles. The van der Waals surface area contributed by atoms with Crippen LogP contribution < -0.4 is 5.32 Å². The van der Waals surface area contributed by atoms with Crippen molar-refractivity contribution >= 4 is 17.7 Å². The Labute approximate surface area is 267 Å². The summed E-state index contributed by atoms with van der Waals surface area (Å²) in [5, 5.41) is 3.14. The van der Waals surface area contributed by atoms with Crippen LogP contribution in [0.2, 0.25) is 0 Å². The Morgan fingerprint density at radius 1 is 0.867 bits per heavy atom. The molecule has 5 heterocycles. The van der Waals surface area contributed by atoms with Gasteiger partial charge in [0.05, 0.1) is 30.2 Å². The lowest BCUT2D eigenvalue weighted by molar-refractivity contribution is -0.129. The Bertz CT molecular complexity index is 1410. The molecule has 1 aromatic carbocycles. The quantitative estimate of drug-likeness (QED) is 0.455. The molecule has 45 heavy (non-hydrogen) atoms. The molecule has 9 nitrogen and oxygen atoms in total. The largest absolute Gasteiger partial charge is 0.490 e. The molecule has 5 atom stereocenters. The molecule has 5 unspecified atom stereocenters. The molecule has 0 aromatic heterocycles.